The zero-order chi connectivity index (χ0) is 10.4. The quantitative estimate of drug-likeness (QED) is 0.687. The first-order valence-corrected chi connectivity index (χ1v) is 4.61. The van der Waals surface area contributed by atoms with Crippen LogP contribution in [0.2, 0.25) is 0 Å². The molecule has 0 amide bonds. The normalized spacial score (nSPS) is 12.4. The number of rotatable bonds is 5. The summed E-state index contributed by atoms with van der Waals surface area (Å²) in [6, 6.07) is 8.83. The molecule has 0 radical (unpaired) electrons. The summed E-state index contributed by atoms with van der Waals surface area (Å²) in [6.07, 6.45) is -0.420. The third-order valence-corrected chi connectivity index (χ3v) is 1.98. The maximum absolute atomic E-state index is 11.5. The zero-order valence-corrected chi connectivity index (χ0v) is 7.89. The molecule has 0 aliphatic rings. The molecule has 1 aromatic rings. The van der Waals surface area contributed by atoms with E-state index < -0.39 is 6.10 Å². The third kappa shape index (κ3) is 3.28. The molecule has 1 rings (SSSR count). The van der Waals surface area contributed by atoms with Crippen LogP contribution in [0.15, 0.2) is 30.3 Å². The summed E-state index contributed by atoms with van der Waals surface area (Å²) in [7, 11) is 0. The SMILES string of the molecule is O=C(C[C@@H](O)CCO)c1ccccc1. The molecule has 14 heavy (non-hydrogen) atoms. The van der Waals surface area contributed by atoms with Gasteiger partial charge in [-0.3, -0.25) is 4.79 Å². The van der Waals surface area contributed by atoms with E-state index in [1.807, 2.05) is 6.07 Å². The lowest BCUT2D eigenvalue weighted by molar-refractivity contribution is 0.0830. The minimum Gasteiger partial charge on any atom is -0.396 e. The highest BCUT2D eigenvalue weighted by atomic mass is 16.3. The van der Waals surface area contributed by atoms with Crippen molar-refractivity contribution in [3.8, 4) is 0 Å². The van der Waals surface area contributed by atoms with Gasteiger partial charge in [-0.25, -0.2) is 0 Å². The molecule has 3 heteroatoms. The van der Waals surface area contributed by atoms with Crippen molar-refractivity contribution in [1.82, 2.24) is 0 Å². The smallest absolute Gasteiger partial charge is 0.165 e. The number of hydrogen-bond acceptors (Lipinski definition) is 3. The van der Waals surface area contributed by atoms with Crippen LogP contribution in [0.4, 0.5) is 0 Å². The van der Waals surface area contributed by atoms with Gasteiger partial charge in [0, 0.05) is 18.6 Å². The number of ketones is 1. The Morgan fingerprint density at radius 2 is 1.93 bits per heavy atom. The first kappa shape index (κ1) is 10.9. The van der Waals surface area contributed by atoms with Gasteiger partial charge in [0.15, 0.2) is 5.78 Å². The van der Waals surface area contributed by atoms with Crippen molar-refractivity contribution in [1.29, 1.82) is 0 Å². The van der Waals surface area contributed by atoms with Crippen molar-refractivity contribution in [3.05, 3.63) is 35.9 Å². The van der Waals surface area contributed by atoms with E-state index >= 15 is 0 Å². The number of carbonyl (C=O) groups is 1. The van der Waals surface area contributed by atoms with Gasteiger partial charge in [0.05, 0.1) is 6.10 Å². The van der Waals surface area contributed by atoms with Gasteiger partial charge in [-0.15, -0.1) is 0 Å². The molecule has 0 aliphatic carbocycles. The van der Waals surface area contributed by atoms with Crippen LogP contribution in [0.3, 0.4) is 0 Å². The lowest BCUT2D eigenvalue weighted by Crippen LogP contribution is -2.14. The van der Waals surface area contributed by atoms with E-state index in [0.717, 1.165) is 0 Å². The molecule has 2 N–H and O–H groups in total. The van der Waals surface area contributed by atoms with Crippen LogP contribution >= 0.6 is 0 Å². The minimum atomic E-state index is -0.743. The van der Waals surface area contributed by atoms with E-state index in [1.165, 1.54) is 0 Å². The highest BCUT2D eigenvalue weighted by Gasteiger charge is 2.11. The highest BCUT2D eigenvalue weighted by molar-refractivity contribution is 5.96. The Labute approximate surface area is 83.0 Å². The Bertz CT molecular complexity index is 282. The molecular weight excluding hydrogens is 180 g/mol. The van der Waals surface area contributed by atoms with Crippen molar-refractivity contribution in [2.24, 2.45) is 0 Å². The fraction of sp³-hybridized carbons (Fsp3) is 0.364. The van der Waals surface area contributed by atoms with Crippen LogP contribution < -0.4 is 0 Å². The van der Waals surface area contributed by atoms with E-state index in [-0.39, 0.29) is 25.2 Å². The highest BCUT2D eigenvalue weighted by Crippen LogP contribution is 2.06. The second-order valence-corrected chi connectivity index (χ2v) is 3.16. The third-order valence-electron chi connectivity index (χ3n) is 1.98. The molecule has 1 aromatic carbocycles. The van der Waals surface area contributed by atoms with Crippen molar-refractivity contribution in [2.75, 3.05) is 6.61 Å². The monoisotopic (exact) mass is 194 g/mol. The van der Waals surface area contributed by atoms with Gasteiger partial charge < -0.3 is 10.2 Å². The molecule has 3 nitrogen and oxygen atoms in total. The molecule has 0 saturated heterocycles. The molecule has 0 fully saturated rings. The van der Waals surface area contributed by atoms with E-state index in [1.54, 1.807) is 24.3 Å². The van der Waals surface area contributed by atoms with Crippen molar-refractivity contribution in [2.45, 2.75) is 18.9 Å². The Morgan fingerprint density at radius 1 is 1.29 bits per heavy atom. The summed E-state index contributed by atoms with van der Waals surface area (Å²) in [5.41, 5.74) is 0.601. The standard InChI is InChI=1S/C11H14O3/c12-7-6-10(13)8-11(14)9-4-2-1-3-5-9/h1-5,10,12-13H,6-8H2/t10-/m0/s1. The van der Waals surface area contributed by atoms with E-state index in [0.29, 0.717) is 5.56 Å². The van der Waals surface area contributed by atoms with Gasteiger partial charge in [-0.05, 0) is 6.42 Å². The molecule has 0 heterocycles. The molecule has 0 aromatic heterocycles. The Hall–Kier alpha value is -1.19. The molecule has 0 aliphatic heterocycles. The summed E-state index contributed by atoms with van der Waals surface area (Å²) in [5.74, 6) is -0.0912. The summed E-state index contributed by atoms with van der Waals surface area (Å²) in [6.45, 7) is -0.0940. The summed E-state index contributed by atoms with van der Waals surface area (Å²) in [5, 5.41) is 17.8. The van der Waals surface area contributed by atoms with Gasteiger partial charge in [0.1, 0.15) is 0 Å². The number of Topliss-reactive ketones (excluding diaryl/α,β-unsaturated/α-hetero) is 1. The molecule has 1 atom stereocenters. The Balaban J connectivity index is 2.51. The van der Waals surface area contributed by atoms with Gasteiger partial charge in [-0.1, -0.05) is 30.3 Å². The molecule has 76 valence electrons. The van der Waals surface area contributed by atoms with Crippen molar-refractivity contribution < 1.29 is 15.0 Å². The number of benzene rings is 1. The van der Waals surface area contributed by atoms with Gasteiger partial charge >= 0.3 is 0 Å². The van der Waals surface area contributed by atoms with Crippen LogP contribution in [0.5, 0.6) is 0 Å². The lowest BCUT2D eigenvalue weighted by Gasteiger charge is -2.07. The first-order chi connectivity index (χ1) is 6.74. The maximum Gasteiger partial charge on any atom is 0.165 e. The van der Waals surface area contributed by atoms with Crippen LogP contribution in [0.1, 0.15) is 23.2 Å². The van der Waals surface area contributed by atoms with E-state index in [2.05, 4.69) is 0 Å². The summed E-state index contributed by atoms with van der Waals surface area (Å²) < 4.78 is 0. The fourth-order valence-corrected chi connectivity index (χ4v) is 1.21. The van der Waals surface area contributed by atoms with Gasteiger partial charge in [0.25, 0.3) is 0 Å². The lowest BCUT2D eigenvalue weighted by atomic mass is 10.0. The number of aliphatic hydroxyl groups excluding tert-OH is 2. The predicted molar refractivity (Wildman–Crippen MR) is 53.1 cm³/mol. The Kier molecular flexibility index (Phi) is 4.29. The summed E-state index contributed by atoms with van der Waals surface area (Å²) in [4.78, 5) is 11.5. The average molecular weight is 194 g/mol. The molecule has 0 bridgehead atoms. The second kappa shape index (κ2) is 5.52. The van der Waals surface area contributed by atoms with Crippen molar-refractivity contribution >= 4 is 5.78 Å². The number of hydrogen-bond donors (Lipinski definition) is 2. The second-order valence-electron chi connectivity index (χ2n) is 3.16. The number of carbonyl (C=O) groups excluding carboxylic acids is 1. The zero-order valence-electron chi connectivity index (χ0n) is 7.89. The van der Waals surface area contributed by atoms with Gasteiger partial charge in [-0.2, -0.15) is 0 Å². The molecule has 0 saturated carbocycles. The molecular formula is C11H14O3. The fourth-order valence-electron chi connectivity index (χ4n) is 1.21. The van der Waals surface area contributed by atoms with Gasteiger partial charge in [0.2, 0.25) is 0 Å². The summed E-state index contributed by atoms with van der Waals surface area (Å²) >= 11 is 0. The van der Waals surface area contributed by atoms with Crippen LogP contribution in [0, 0.1) is 0 Å². The maximum atomic E-state index is 11.5. The minimum absolute atomic E-state index is 0.0740. The first-order valence-electron chi connectivity index (χ1n) is 4.61. The van der Waals surface area contributed by atoms with Crippen LogP contribution in [-0.4, -0.2) is 28.7 Å². The topological polar surface area (TPSA) is 57.5 Å². The van der Waals surface area contributed by atoms with E-state index in [9.17, 15) is 9.90 Å². The van der Waals surface area contributed by atoms with Crippen LogP contribution in [-0.2, 0) is 0 Å². The van der Waals surface area contributed by atoms with E-state index in [4.69, 9.17) is 5.11 Å². The average Bonchev–Trinajstić information content (AvgIpc) is 2.19. The number of aliphatic hydroxyl groups is 2. The largest absolute Gasteiger partial charge is 0.396 e. The predicted octanol–water partition coefficient (Wildman–Crippen LogP) is 1.00. The molecule has 0 spiro atoms. The molecule has 0 unspecified atom stereocenters. The van der Waals surface area contributed by atoms with Crippen LogP contribution in [0.25, 0.3) is 0 Å². The van der Waals surface area contributed by atoms with Crippen molar-refractivity contribution in [3.63, 3.8) is 0 Å². The Morgan fingerprint density at radius 3 is 2.50 bits per heavy atom.